The molecular formula is C27H38N3O5. The van der Waals surface area contributed by atoms with E-state index in [9.17, 15) is 19.2 Å². The molecule has 0 bridgehead atoms. The number of carbonyl (C=O) groups excluding carboxylic acids is 3. The molecule has 0 saturated heterocycles. The van der Waals surface area contributed by atoms with E-state index in [1.54, 1.807) is 0 Å². The summed E-state index contributed by atoms with van der Waals surface area (Å²) in [4.78, 5) is 48.9. The molecule has 2 atom stereocenters. The van der Waals surface area contributed by atoms with Gasteiger partial charge < -0.3 is 10.5 Å². The van der Waals surface area contributed by atoms with Crippen LogP contribution in [0.1, 0.15) is 64.9 Å². The fourth-order valence-corrected chi connectivity index (χ4v) is 3.96. The van der Waals surface area contributed by atoms with Gasteiger partial charge in [-0.25, -0.2) is 10.2 Å². The Hall–Kier alpha value is -2.87. The number of nitrogens with one attached hydrogen (secondary N) is 2. The van der Waals surface area contributed by atoms with Gasteiger partial charge in [-0.05, 0) is 55.9 Å². The molecule has 0 heterocycles. The number of rotatable bonds is 16. The van der Waals surface area contributed by atoms with Gasteiger partial charge in [0.2, 0.25) is 11.7 Å². The van der Waals surface area contributed by atoms with Gasteiger partial charge in [-0.15, -0.1) is 0 Å². The number of carboxylic acid groups (broad SMARTS) is 1. The monoisotopic (exact) mass is 484 g/mol. The van der Waals surface area contributed by atoms with Crippen LogP contribution in [0.3, 0.4) is 0 Å². The summed E-state index contributed by atoms with van der Waals surface area (Å²) in [6.07, 6.45) is 3.12. The summed E-state index contributed by atoms with van der Waals surface area (Å²) in [5.74, 6) is -4.27. The highest BCUT2D eigenvalue weighted by molar-refractivity contribution is 6.42. The Balaban J connectivity index is 2.21. The van der Waals surface area contributed by atoms with Gasteiger partial charge >= 0.3 is 5.97 Å². The Labute approximate surface area is 207 Å². The van der Waals surface area contributed by atoms with E-state index < -0.39 is 23.1 Å². The van der Waals surface area contributed by atoms with Crippen LogP contribution in [0.15, 0.2) is 30.3 Å². The van der Waals surface area contributed by atoms with Gasteiger partial charge in [0.05, 0.1) is 11.6 Å². The van der Waals surface area contributed by atoms with Crippen molar-refractivity contribution < 1.29 is 24.3 Å². The zero-order valence-corrected chi connectivity index (χ0v) is 21.0. The number of hydrazine groups is 1. The van der Waals surface area contributed by atoms with Crippen LogP contribution in [0.25, 0.3) is 0 Å². The van der Waals surface area contributed by atoms with Crippen LogP contribution in [0.4, 0.5) is 0 Å². The minimum absolute atomic E-state index is 0.0705. The molecule has 3 N–H and O–H groups in total. The molecule has 2 unspecified atom stereocenters. The van der Waals surface area contributed by atoms with E-state index in [-0.39, 0.29) is 48.7 Å². The van der Waals surface area contributed by atoms with Gasteiger partial charge in [-0.1, -0.05) is 51.1 Å². The van der Waals surface area contributed by atoms with E-state index in [4.69, 9.17) is 10.5 Å². The van der Waals surface area contributed by atoms with E-state index in [1.807, 2.05) is 51.1 Å². The topological polar surface area (TPSA) is 128 Å². The second kappa shape index (κ2) is 12.7. The van der Waals surface area contributed by atoms with Crippen LogP contribution in [-0.4, -0.2) is 51.9 Å². The minimum atomic E-state index is -1.45. The molecule has 0 aliphatic heterocycles. The number of benzene rings is 1. The van der Waals surface area contributed by atoms with Crippen molar-refractivity contribution in [1.82, 2.24) is 10.4 Å². The first kappa shape index (κ1) is 28.4. The lowest BCUT2D eigenvalue weighted by Gasteiger charge is -2.32. The molecule has 1 aromatic rings. The molecule has 1 fully saturated rings. The van der Waals surface area contributed by atoms with Crippen LogP contribution in [0, 0.1) is 29.6 Å². The van der Waals surface area contributed by atoms with Crippen molar-refractivity contribution in [3.8, 4) is 0 Å². The zero-order chi connectivity index (χ0) is 26.2. The zero-order valence-electron chi connectivity index (χ0n) is 21.0. The largest absolute Gasteiger partial charge is 0.476 e. The number of ketones is 2. The molecule has 1 aliphatic rings. The van der Waals surface area contributed by atoms with Crippen molar-refractivity contribution in [3.05, 3.63) is 42.8 Å². The van der Waals surface area contributed by atoms with Crippen molar-refractivity contribution >= 4 is 29.2 Å². The minimum Gasteiger partial charge on any atom is -0.476 e. The van der Waals surface area contributed by atoms with E-state index in [2.05, 4.69) is 12.3 Å². The van der Waals surface area contributed by atoms with E-state index in [1.165, 1.54) is 5.01 Å². The van der Waals surface area contributed by atoms with Crippen molar-refractivity contribution in [2.45, 2.75) is 71.8 Å². The average Bonchev–Trinajstić information content (AvgIpc) is 3.59. The Morgan fingerprint density at radius 3 is 2.31 bits per heavy atom. The van der Waals surface area contributed by atoms with Gasteiger partial charge in [-0.3, -0.25) is 19.4 Å². The molecule has 1 amide bonds. The molecule has 8 heteroatoms. The summed E-state index contributed by atoms with van der Waals surface area (Å²) >= 11 is 0. The quantitative estimate of drug-likeness (QED) is 0.142. The number of carboxylic acids is 1. The van der Waals surface area contributed by atoms with Crippen LogP contribution < -0.4 is 5.43 Å². The first-order valence-electron chi connectivity index (χ1n) is 12.2. The predicted molar refractivity (Wildman–Crippen MR) is 134 cm³/mol. The van der Waals surface area contributed by atoms with E-state index in [0.29, 0.717) is 19.3 Å². The maximum absolute atomic E-state index is 13.8. The summed E-state index contributed by atoms with van der Waals surface area (Å²) in [5, 5.41) is 19.0. The molecule has 0 spiro atoms. The highest BCUT2D eigenvalue weighted by Crippen LogP contribution is 2.26. The molecule has 2 rings (SSSR count). The fourth-order valence-electron chi connectivity index (χ4n) is 3.96. The lowest BCUT2D eigenvalue weighted by atomic mass is 9.79. The predicted octanol–water partition coefficient (Wildman–Crippen LogP) is 3.64. The standard InChI is InChI=1S/C27H38N3O5/c1-18(16-19-10-6-5-7-11-19)23(24(28)22(32)17-27(2,3)4)25(33)30(29-20-13-14-20)15-9-8-12-21(31)26(34)35/h5-7,10-11,18,20,23,28-29H,2,8-9,12-17H2,1,3-4H3,(H,34,35). The van der Waals surface area contributed by atoms with Crippen molar-refractivity contribution in [1.29, 1.82) is 5.41 Å². The molecule has 35 heavy (non-hydrogen) atoms. The number of Topliss-reactive ketones (excluding diaryl/α,β-unsaturated/α-hetero) is 2. The summed E-state index contributed by atoms with van der Waals surface area (Å²) < 4.78 is 0. The van der Waals surface area contributed by atoms with Crippen molar-refractivity contribution in [2.24, 2.45) is 17.3 Å². The van der Waals surface area contributed by atoms with E-state index >= 15 is 0 Å². The number of unbranched alkanes of at least 4 members (excludes halogenated alkanes) is 1. The summed E-state index contributed by atoms with van der Waals surface area (Å²) in [6, 6.07) is 9.83. The number of hydrogen-bond donors (Lipinski definition) is 3. The Morgan fingerprint density at radius 1 is 1.14 bits per heavy atom. The van der Waals surface area contributed by atoms with Gasteiger partial charge in [0.15, 0.2) is 5.78 Å². The van der Waals surface area contributed by atoms with Gasteiger partial charge in [-0.2, -0.15) is 0 Å². The molecule has 1 radical (unpaired) electrons. The lowest BCUT2D eigenvalue weighted by molar-refractivity contribution is -0.149. The van der Waals surface area contributed by atoms with Crippen LogP contribution in [-0.2, 0) is 25.6 Å². The molecule has 8 nitrogen and oxygen atoms in total. The van der Waals surface area contributed by atoms with Gasteiger partial charge in [0, 0.05) is 25.4 Å². The molecule has 191 valence electrons. The third-order valence-corrected chi connectivity index (χ3v) is 5.94. The first-order valence-corrected chi connectivity index (χ1v) is 12.2. The highest BCUT2D eigenvalue weighted by atomic mass is 16.4. The van der Waals surface area contributed by atoms with Crippen molar-refractivity contribution in [3.63, 3.8) is 0 Å². The smallest absolute Gasteiger partial charge is 0.372 e. The Kier molecular flexibility index (Phi) is 10.3. The van der Waals surface area contributed by atoms with Crippen molar-refractivity contribution in [2.75, 3.05) is 6.54 Å². The summed E-state index contributed by atoms with van der Waals surface area (Å²) in [7, 11) is 0. The second-order valence-electron chi connectivity index (χ2n) is 10.4. The number of nitrogens with zero attached hydrogens (tertiary/aromatic N) is 1. The molecular weight excluding hydrogens is 446 g/mol. The second-order valence-corrected chi connectivity index (χ2v) is 10.4. The molecule has 1 aromatic carbocycles. The lowest BCUT2D eigenvalue weighted by Crippen LogP contribution is -2.51. The van der Waals surface area contributed by atoms with Crippen LogP contribution in [0.2, 0.25) is 0 Å². The maximum Gasteiger partial charge on any atom is 0.372 e. The number of hydrogen-bond acceptors (Lipinski definition) is 6. The SMILES string of the molecule is [CH2]C(C)(C)CC(=O)C(=N)C(C(=O)N(CCCCC(=O)C(=O)O)NC1CC1)C(C)Cc1ccccc1. The van der Waals surface area contributed by atoms with Gasteiger partial charge in [0.1, 0.15) is 0 Å². The maximum atomic E-state index is 13.8. The molecule has 0 aromatic heterocycles. The fraction of sp³-hybridized carbons (Fsp3) is 0.556. The Bertz CT molecular complexity index is 918. The van der Waals surface area contributed by atoms with E-state index in [0.717, 1.165) is 18.4 Å². The summed E-state index contributed by atoms with van der Waals surface area (Å²) in [5.41, 5.74) is 3.46. The third-order valence-electron chi connectivity index (χ3n) is 5.94. The molecule has 1 aliphatic carbocycles. The first-order chi connectivity index (χ1) is 16.4. The Morgan fingerprint density at radius 2 is 1.77 bits per heavy atom. The molecule has 1 saturated carbocycles. The third kappa shape index (κ3) is 9.72. The number of carbonyl (C=O) groups is 4. The number of amides is 1. The number of aliphatic carboxylic acids is 1. The summed E-state index contributed by atoms with van der Waals surface area (Å²) in [6.45, 7) is 9.76. The highest BCUT2D eigenvalue weighted by Gasteiger charge is 2.38. The van der Waals surface area contributed by atoms with Crippen LogP contribution in [0.5, 0.6) is 0 Å². The average molecular weight is 485 g/mol. The normalized spacial score (nSPS) is 15.2. The van der Waals surface area contributed by atoms with Gasteiger partial charge in [0.25, 0.3) is 0 Å². The van der Waals surface area contributed by atoms with Crippen LogP contribution >= 0.6 is 0 Å².